The number of hydrogen-bond donors (Lipinski definition) is 1. The van der Waals surface area contributed by atoms with E-state index in [2.05, 4.69) is 51.0 Å². The van der Waals surface area contributed by atoms with Crippen LogP contribution in [-0.2, 0) is 0 Å². The largest absolute Gasteiger partial charge is 0.399 e. The molecule has 0 spiro atoms. The first-order valence-electron chi connectivity index (χ1n) is 6.04. The zero-order valence-corrected chi connectivity index (χ0v) is 10.9. The average molecular weight is 220 g/mol. The number of nitrogen functional groups attached to an aromatic ring is 1. The van der Waals surface area contributed by atoms with Crippen molar-refractivity contribution in [2.75, 3.05) is 26.4 Å². The number of anilines is 1. The maximum Gasteiger partial charge on any atom is 0.0316 e. The molecule has 2 heteroatoms. The van der Waals surface area contributed by atoms with Crippen LogP contribution < -0.4 is 5.73 Å². The lowest BCUT2D eigenvalue weighted by atomic mass is 9.85. The quantitative estimate of drug-likeness (QED) is 0.773. The highest BCUT2D eigenvalue weighted by Crippen LogP contribution is 2.29. The van der Waals surface area contributed by atoms with Gasteiger partial charge in [0.2, 0.25) is 0 Å². The maximum atomic E-state index is 5.84. The van der Waals surface area contributed by atoms with Gasteiger partial charge in [-0.2, -0.15) is 0 Å². The van der Waals surface area contributed by atoms with Crippen molar-refractivity contribution >= 4 is 5.69 Å². The molecule has 16 heavy (non-hydrogen) atoms. The molecule has 0 aliphatic heterocycles. The average Bonchev–Trinajstić information content (AvgIpc) is 2.17. The molecular formula is C14H24N2. The highest BCUT2D eigenvalue weighted by Gasteiger charge is 2.18. The predicted molar refractivity (Wildman–Crippen MR) is 71.6 cm³/mol. The number of hydrogen-bond acceptors (Lipinski definition) is 2. The molecule has 1 unspecified atom stereocenters. The third-order valence-corrected chi connectivity index (χ3v) is 3.12. The van der Waals surface area contributed by atoms with Crippen LogP contribution in [0.15, 0.2) is 24.3 Å². The van der Waals surface area contributed by atoms with Gasteiger partial charge in [-0.1, -0.05) is 26.0 Å². The molecule has 0 saturated carbocycles. The van der Waals surface area contributed by atoms with Crippen LogP contribution in [0.2, 0.25) is 0 Å². The van der Waals surface area contributed by atoms with E-state index in [1.807, 2.05) is 6.07 Å². The van der Waals surface area contributed by atoms with Crippen molar-refractivity contribution in [3.8, 4) is 0 Å². The maximum absolute atomic E-state index is 5.84. The molecule has 2 atom stereocenters. The van der Waals surface area contributed by atoms with Gasteiger partial charge in [-0.15, -0.1) is 0 Å². The van der Waals surface area contributed by atoms with Crippen LogP contribution in [0, 0.1) is 5.92 Å². The summed E-state index contributed by atoms with van der Waals surface area (Å²) >= 11 is 0. The van der Waals surface area contributed by atoms with Crippen LogP contribution in [-0.4, -0.2) is 25.5 Å². The van der Waals surface area contributed by atoms with Gasteiger partial charge in [0.15, 0.2) is 0 Å². The van der Waals surface area contributed by atoms with E-state index < -0.39 is 0 Å². The Labute approximate surface area is 99.5 Å². The van der Waals surface area contributed by atoms with Crippen LogP contribution >= 0.6 is 0 Å². The molecule has 0 radical (unpaired) electrons. The van der Waals surface area contributed by atoms with Crippen LogP contribution in [0.25, 0.3) is 0 Å². The van der Waals surface area contributed by atoms with Crippen molar-refractivity contribution < 1.29 is 0 Å². The molecule has 0 bridgehead atoms. The molecular weight excluding hydrogens is 196 g/mol. The molecule has 1 aromatic rings. The van der Waals surface area contributed by atoms with E-state index in [0.29, 0.717) is 11.8 Å². The van der Waals surface area contributed by atoms with Crippen molar-refractivity contribution in [2.45, 2.75) is 26.2 Å². The second-order valence-corrected chi connectivity index (χ2v) is 4.92. The van der Waals surface area contributed by atoms with Gasteiger partial charge in [-0.05, 0) is 50.0 Å². The zero-order chi connectivity index (χ0) is 12.1. The summed E-state index contributed by atoms with van der Waals surface area (Å²) in [6.07, 6.45) is 1.17. The number of nitrogens with two attached hydrogens (primary N) is 1. The van der Waals surface area contributed by atoms with Gasteiger partial charge in [0.05, 0.1) is 0 Å². The van der Waals surface area contributed by atoms with E-state index in [-0.39, 0.29) is 0 Å². The molecule has 0 amide bonds. The van der Waals surface area contributed by atoms with Gasteiger partial charge < -0.3 is 10.6 Å². The molecule has 2 nitrogen and oxygen atoms in total. The van der Waals surface area contributed by atoms with E-state index in [4.69, 9.17) is 5.73 Å². The highest BCUT2D eigenvalue weighted by molar-refractivity contribution is 5.42. The molecule has 2 N–H and O–H groups in total. The Bertz CT molecular complexity index is 320. The van der Waals surface area contributed by atoms with Crippen LogP contribution in [0.1, 0.15) is 31.7 Å². The van der Waals surface area contributed by atoms with Crippen molar-refractivity contribution in [1.82, 2.24) is 4.90 Å². The summed E-state index contributed by atoms with van der Waals surface area (Å²) in [4.78, 5) is 2.25. The summed E-state index contributed by atoms with van der Waals surface area (Å²) in [5, 5.41) is 0. The fourth-order valence-electron chi connectivity index (χ4n) is 2.46. The van der Waals surface area contributed by atoms with E-state index in [9.17, 15) is 0 Å². The highest BCUT2D eigenvalue weighted by atomic mass is 15.1. The van der Waals surface area contributed by atoms with Crippen LogP contribution in [0.4, 0.5) is 5.69 Å². The van der Waals surface area contributed by atoms with Crippen molar-refractivity contribution in [2.24, 2.45) is 5.92 Å². The first kappa shape index (κ1) is 13.0. The number of rotatable bonds is 5. The Morgan fingerprint density at radius 3 is 2.50 bits per heavy atom. The standard InChI is InChI=1S/C14H24N2/c1-5-14(11(2)10-16(3)4)12-7-6-8-13(15)9-12/h6-9,11,14H,5,10,15H2,1-4H3/t11-,14?/m0/s1. The first-order valence-corrected chi connectivity index (χ1v) is 6.04. The molecule has 0 saturated heterocycles. The van der Waals surface area contributed by atoms with Gasteiger partial charge in [0, 0.05) is 12.2 Å². The molecule has 0 aliphatic carbocycles. The Kier molecular flexibility index (Phi) is 4.81. The minimum Gasteiger partial charge on any atom is -0.399 e. The topological polar surface area (TPSA) is 29.3 Å². The first-order chi connectivity index (χ1) is 7.54. The molecule has 0 fully saturated rings. The van der Waals surface area contributed by atoms with Crippen LogP contribution in [0.3, 0.4) is 0 Å². The molecule has 0 aliphatic rings. The Morgan fingerprint density at radius 1 is 1.31 bits per heavy atom. The second kappa shape index (κ2) is 5.90. The summed E-state index contributed by atoms with van der Waals surface area (Å²) in [5.41, 5.74) is 8.08. The van der Waals surface area contributed by atoms with Crippen molar-refractivity contribution in [1.29, 1.82) is 0 Å². The summed E-state index contributed by atoms with van der Waals surface area (Å²) in [5.74, 6) is 1.26. The summed E-state index contributed by atoms with van der Waals surface area (Å²) in [6, 6.07) is 8.31. The van der Waals surface area contributed by atoms with Crippen LogP contribution in [0.5, 0.6) is 0 Å². The van der Waals surface area contributed by atoms with Gasteiger partial charge in [-0.3, -0.25) is 0 Å². The van der Waals surface area contributed by atoms with E-state index >= 15 is 0 Å². The minimum atomic E-state index is 0.603. The van der Waals surface area contributed by atoms with Gasteiger partial charge in [0.25, 0.3) is 0 Å². The summed E-state index contributed by atoms with van der Waals surface area (Å²) < 4.78 is 0. The third kappa shape index (κ3) is 3.53. The fourth-order valence-corrected chi connectivity index (χ4v) is 2.46. The van der Waals surface area contributed by atoms with E-state index in [1.165, 1.54) is 12.0 Å². The Balaban J connectivity index is 2.81. The normalized spacial score (nSPS) is 15.1. The van der Waals surface area contributed by atoms with E-state index in [0.717, 1.165) is 12.2 Å². The Hall–Kier alpha value is -1.02. The third-order valence-electron chi connectivity index (χ3n) is 3.12. The number of benzene rings is 1. The monoisotopic (exact) mass is 220 g/mol. The zero-order valence-electron chi connectivity index (χ0n) is 10.9. The van der Waals surface area contributed by atoms with E-state index in [1.54, 1.807) is 0 Å². The lowest BCUT2D eigenvalue weighted by molar-refractivity contribution is 0.301. The lowest BCUT2D eigenvalue weighted by Crippen LogP contribution is -2.24. The van der Waals surface area contributed by atoms with Gasteiger partial charge in [-0.25, -0.2) is 0 Å². The molecule has 0 heterocycles. The summed E-state index contributed by atoms with van der Waals surface area (Å²) in [6.45, 7) is 5.69. The predicted octanol–water partition coefficient (Wildman–Crippen LogP) is 2.96. The second-order valence-electron chi connectivity index (χ2n) is 4.92. The fraction of sp³-hybridized carbons (Fsp3) is 0.571. The Morgan fingerprint density at radius 2 is 2.00 bits per heavy atom. The molecule has 1 aromatic carbocycles. The summed E-state index contributed by atoms with van der Waals surface area (Å²) in [7, 11) is 4.26. The molecule has 1 rings (SSSR count). The van der Waals surface area contributed by atoms with Gasteiger partial charge in [0.1, 0.15) is 0 Å². The molecule has 0 aromatic heterocycles. The molecule has 90 valence electrons. The lowest BCUT2D eigenvalue weighted by Gasteiger charge is -2.26. The van der Waals surface area contributed by atoms with Gasteiger partial charge >= 0.3 is 0 Å². The number of nitrogens with zero attached hydrogens (tertiary/aromatic N) is 1. The SMILES string of the molecule is CCC(c1cccc(N)c1)[C@@H](C)CN(C)C. The minimum absolute atomic E-state index is 0.603. The van der Waals surface area contributed by atoms with Crippen molar-refractivity contribution in [3.63, 3.8) is 0 Å². The van der Waals surface area contributed by atoms with Crippen molar-refractivity contribution in [3.05, 3.63) is 29.8 Å². The smallest absolute Gasteiger partial charge is 0.0316 e.